The summed E-state index contributed by atoms with van der Waals surface area (Å²) in [4.78, 5) is 0. The Hall–Kier alpha value is -0.830. The molecule has 3 heteroatoms. The highest BCUT2D eigenvalue weighted by atomic mass is 16.3. The highest BCUT2D eigenvalue weighted by Gasteiger charge is 2.41. The normalized spacial score (nSPS) is 28.0. The van der Waals surface area contributed by atoms with Gasteiger partial charge < -0.3 is 5.11 Å². The molecule has 3 nitrogen and oxygen atoms in total. The van der Waals surface area contributed by atoms with Crippen molar-refractivity contribution in [2.24, 2.45) is 11.8 Å². The van der Waals surface area contributed by atoms with E-state index in [1.54, 1.807) is 0 Å². The van der Waals surface area contributed by atoms with Gasteiger partial charge in [0.05, 0.1) is 11.3 Å². The highest BCUT2D eigenvalue weighted by molar-refractivity contribution is 5.13. The summed E-state index contributed by atoms with van der Waals surface area (Å²) in [5, 5.41) is 15.6. The van der Waals surface area contributed by atoms with Crippen molar-refractivity contribution in [3.8, 4) is 0 Å². The molecule has 2 unspecified atom stereocenters. The van der Waals surface area contributed by atoms with E-state index in [2.05, 4.69) is 31.9 Å². The molecule has 0 amide bonds. The maximum atomic E-state index is 11.1. The average molecular weight is 264 g/mol. The zero-order chi connectivity index (χ0) is 14.0. The van der Waals surface area contributed by atoms with Gasteiger partial charge in [0.25, 0.3) is 0 Å². The Morgan fingerprint density at radius 1 is 1.47 bits per heavy atom. The van der Waals surface area contributed by atoms with Crippen molar-refractivity contribution in [3.63, 3.8) is 0 Å². The van der Waals surface area contributed by atoms with E-state index in [1.807, 2.05) is 11.6 Å². The first-order valence-electron chi connectivity index (χ1n) is 7.72. The van der Waals surface area contributed by atoms with Gasteiger partial charge in [0.2, 0.25) is 0 Å². The van der Waals surface area contributed by atoms with Crippen LogP contribution in [0.1, 0.15) is 57.8 Å². The number of nitrogens with zero attached hydrogens (tertiary/aromatic N) is 2. The molecule has 1 aromatic heterocycles. The maximum absolute atomic E-state index is 11.1. The Morgan fingerprint density at radius 3 is 2.84 bits per heavy atom. The first-order chi connectivity index (χ1) is 8.96. The lowest BCUT2D eigenvalue weighted by Crippen LogP contribution is -2.45. The molecule has 1 heterocycles. The number of aryl methyl sites for hydroxylation is 2. The molecule has 0 bridgehead atoms. The summed E-state index contributed by atoms with van der Waals surface area (Å²) < 4.78 is 2.04. The molecular formula is C16H28N2O. The third-order valence-electron chi connectivity index (χ3n) is 4.64. The zero-order valence-electron chi connectivity index (χ0n) is 12.8. The van der Waals surface area contributed by atoms with Gasteiger partial charge in [0, 0.05) is 18.7 Å². The summed E-state index contributed by atoms with van der Waals surface area (Å²) >= 11 is 0. The summed E-state index contributed by atoms with van der Waals surface area (Å²) in [5.41, 5.74) is 1.71. The molecule has 19 heavy (non-hydrogen) atoms. The molecule has 0 aliphatic heterocycles. The Balaban J connectivity index is 2.22. The first-order valence-corrected chi connectivity index (χ1v) is 7.72. The maximum Gasteiger partial charge on any atom is 0.0733 e. The van der Waals surface area contributed by atoms with Gasteiger partial charge in [-0.3, -0.25) is 4.68 Å². The Morgan fingerprint density at radius 2 is 2.21 bits per heavy atom. The summed E-state index contributed by atoms with van der Waals surface area (Å²) in [6.45, 7) is 9.50. The van der Waals surface area contributed by atoms with E-state index < -0.39 is 5.60 Å². The Kier molecular flexibility index (Phi) is 4.34. The second-order valence-corrected chi connectivity index (χ2v) is 6.47. The van der Waals surface area contributed by atoms with Gasteiger partial charge in [-0.25, -0.2) is 0 Å². The van der Waals surface area contributed by atoms with E-state index in [0.717, 1.165) is 37.9 Å². The van der Waals surface area contributed by atoms with E-state index in [0.29, 0.717) is 11.8 Å². The van der Waals surface area contributed by atoms with Crippen molar-refractivity contribution in [1.29, 1.82) is 0 Å². The number of aliphatic hydroxyl groups is 1. The quantitative estimate of drug-likeness (QED) is 0.906. The monoisotopic (exact) mass is 264 g/mol. The Labute approximate surface area is 117 Å². The minimum absolute atomic E-state index is 0.418. The molecule has 1 aliphatic carbocycles. The molecule has 108 valence electrons. The summed E-state index contributed by atoms with van der Waals surface area (Å²) in [6, 6.07) is 2.13. The summed E-state index contributed by atoms with van der Waals surface area (Å²) in [6.07, 6.45) is 5.26. The fraction of sp³-hybridized carbons (Fsp3) is 0.812. The van der Waals surface area contributed by atoms with Crippen LogP contribution in [0, 0.1) is 18.8 Å². The van der Waals surface area contributed by atoms with E-state index in [1.165, 1.54) is 12.1 Å². The van der Waals surface area contributed by atoms with Crippen molar-refractivity contribution in [2.45, 2.75) is 71.9 Å². The molecular weight excluding hydrogens is 236 g/mol. The molecule has 1 N–H and O–H groups in total. The van der Waals surface area contributed by atoms with Gasteiger partial charge in [0.15, 0.2) is 0 Å². The fourth-order valence-corrected chi connectivity index (χ4v) is 3.75. The smallest absolute Gasteiger partial charge is 0.0733 e. The number of hydrogen-bond donors (Lipinski definition) is 1. The van der Waals surface area contributed by atoms with Crippen molar-refractivity contribution in [1.82, 2.24) is 9.78 Å². The predicted molar refractivity (Wildman–Crippen MR) is 78.1 cm³/mol. The van der Waals surface area contributed by atoms with E-state index >= 15 is 0 Å². The fourth-order valence-electron chi connectivity index (χ4n) is 3.75. The SMILES string of the molecule is CCn1nc(C)cc1CC1(O)CCCCC1C(C)C. The van der Waals surface area contributed by atoms with Crippen LogP contribution in [0.5, 0.6) is 0 Å². The molecule has 0 spiro atoms. The van der Waals surface area contributed by atoms with Crippen LogP contribution in [0.2, 0.25) is 0 Å². The summed E-state index contributed by atoms with van der Waals surface area (Å²) in [7, 11) is 0. The third kappa shape index (κ3) is 3.02. The lowest BCUT2D eigenvalue weighted by atomic mass is 9.68. The van der Waals surface area contributed by atoms with E-state index in [9.17, 15) is 5.11 Å². The minimum Gasteiger partial charge on any atom is -0.389 e. The first kappa shape index (κ1) is 14.6. The van der Waals surface area contributed by atoms with Crippen molar-refractivity contribution in [2.75, 3.05) is 0 Å². The van der Waals surface area contributed by atoms with Crippen LogP contribution < -0.4 is 0 Å². The van der Waals surface area contributed by atoms with Gasteiger partial charge in [-0.15, -0.1) is 0 Å². The zero-order valence-corrected chi connectivity index (χ0v) is 12.8. The van der Waals surface area contributed by atoms with Gasteiger partial charge in [-0.1, -0.05) is 26.7 Å². The largest absolute Gasteiger partial charge is 0.389 e. The van der Waals surface area contributed by atoms with Crippen LogP contribution in [-0.4, -0.2) is 20.5 Å². The van der Waals surface area contributed by atoms with Gasteiger partial charge >= 0.3 is 0 Å². The topological polar surface area (TPSA) is 38.0 Å². The second kappa shape index (κ2) is 5.66. The van der Waals surface area contributed by atoms with Crippen LogP contribution in [0.3, 0.4) is 0 Å². The van der Waals surface area contributed by atoms with Gasteiger partial charge in [-0.05, 0) is 44.6 Å². The molecule has 0 saturated heterocycles. The molecule has 0 radical (unpaired) electrons. The molecule has 1 aliphatic rings. The molecule has 1 saturated carbocycles. The van der Waals surface area contributed by atoms with E-state index in [-0.39, 0.29) is 0 Å². The van der Waals surface area contributed by atoms with Gasteiger partial charge in [-0.2, -0.15) is 5.10 Å². The number of rotatable bonds is 4. The minimum atomic E-state index is -0.536. The van der Waals surface area contributed by atoms with Crippen molar-refractivity contribution >= 4 is 0 Å². The average Bonchev–Trinajstić information content (AvgIpc) is 2.68. The lowest BCUT2D eigenvalue weighted by Gasteiger charge is -2.42. The lowest BCUT2D eigenvalue weighted by molar-refractivity contribution is -0.0665. The van der Waals surface area contributed by atoms with Crippen LogP contribution in [0.25, 0.3) is 0 Å². The van der Waals surface area contributed by atoms with Crippen LogP contribution in [-0.2, 0) is 13.0 Å². The third-order valence-corrected chi connectivity index (χ3v) is 4.64. The highest BCUT2D eigenvalue weighted by Crippen LogP contribution is 2.40. The van der Waals surface area contributed by atoms with Crippen LogP contribution >= 0.6 is 0 Å². The van der Waals surface area contributed by atoms with Crippen LogP contribution in [0.4, 0.5) is 0 Å². The number of hydrogen-bond acceptors (Lipinski definition) is 2. The molecule has 2 rings (SSSR count). The number of aromatic nitrogens is 2. The van der Waals surface area contributed by atoms with Crippen LogP contribution in [0.15, 0.2) is 6.07 Å². The summed E-state index contributed by atoms with van der Waals surface area (Å²) in [5.74, 6) is 0.964. The van der Waals surface area contributed by atoms with Gasteiger partial charge in [0.1, 0.15) is 0 Å². The Bertz CT molecular complexity index is 424. The molecule has 1 aromatic rings. The molecule has 1 fully saturated rings. The molecule has 2 atom stereocenters. The molecule has 0 aromatic carbocycles. The predicted octanol–water partition coefficient (Wildman–Crippen LogP) is 3.33. The van der Waals surface area contributed by atoms with E-state index in [4.69, 9.17) is 0 Å². The van der Waals surface area contributed by atoms with Crippen molar-refractivity contribution in [3.05, 3.63) is 17.5 Å². The van der Waals surface area contributed by atoms with Crippen molar-refractivity contribution < 1.29 is 5.11 Å². The second-order valence-electron chi connectivity index (χ2n) is 6.47. The standard InChI is InChI=1S/C16H28N2O/c1-5-18-14(10-13(4)17-18)11-16(19)9-7-6-8-15(16)12(2)3/h10,12,15,19H,5-9,11H2,1-4H3.